The van der Waals surface area contributed by atoms with E-state index in [2.05, 4.69) is 28.0 Å². The number of hydrogen-bond donors (Lipinski definition) is 0. The molecule has 2 heterocycles. The van der Waals surface area contributed by atoms with E-state index in [9.17, 15) is 0 Å². The summed E-state index contributed by atoms with van der Waals surface area (Å²) < 4.78 is 0. The predicted octanol–water partition coefficient (Wildman–Crippen LogP) is 3.04. The summed E-state index contributed by atoms with van der Waals surface area (Å²) in [6.07, 6.45) is 3.58. The van der Waals surface area contributed by atoms with Gasteiger partial charge in [-0.1, -0.05) is 11.3 Å². The van der Waals surface area contributed by atoms with Gasteiger partial charge in [0.2, 0.25) is 5.13 Å². The van der Waals surface area contributed by atoms with E-state index in [4.69, 9.17) is 0 Å². The van der Waals surface area contributed by atoms with Crippen LogP contribution in [0.2, 0.25) is 0 Å². The number of thiazole rings is 1. The van der Waals surface area contributed by atoms with Crippen LogP contribution in [0.1, 0.15) is 11.3 Å². The molecule has 0 amide bonds. The van der Waals surface area contributed by atoms with Crippen LogP contribution >= 0.6 is 11.3 Å². The van der Waals surface area contributed by atoms with Crippen molar-refractivity contribution in [2.24, 2.45) is 4.99 Å². The van der Waals surface area contributed by atoms with Gasteiger partial charge in [0.05, 0.1) is 22.6 Å². The molecule has 0 saturated heterocycles. The van der Waals surface area contributed by atoms with Crippen LogP contribution in [0, 0.1) is 13.8 Å². The third-order valence-electron chi connectivity index (χ3n) is 2.33. The molecule has 0 aromatic carbocycles. The van der Waals surface area contributed by atoms with E-state index in [1.807, 2.05) is 38.2 Å². The molecule has 0 aliphatic carbocycles. The largest absolute Gasteiger partial charge is 0.369 e. The third kappa shape index (κ3) is 2.92. The van der Waals surface area contributed by atoms with Gasteiger partial charge in [-0.3, -0.25) is 4.98 Å². The molecule has 0 N–H and O–H groups in total. The van der Waals surface area contributed by atoms with Crippen molar-refractivity contribution in [2.75, 3.05) is 14.1 Å². The van der Waals surface area contributed by atoms with Gasteiger partial charge in [-0.05, 0) is 31.5 Å². The molecule has 0 bridgehead atoms. The number of rotatable bonds is 3. The monoisotopic (exact) mass is 260 g/mol. The van der Waals surface area contributed by atoms with E-state index in [0.29, 0.717) is 0 Å². The normalized spacial score (nSPS) is 11.1. The van der Waals surface area contributed by atoms with E-state index < -0.39 is 0 Å². The topological polar surface area (TPSA) is 41.4 Å². The second-order valence-electron chi connectivity index (χ2n) is 4.34. The molecule has 2 aromatic rings. The maximum absolute atomic E-state index is 4.44. The van der Waals surface area contributed by atoms with Crippen LogP contribution in [0.4, 0.5) is 5.13 Å². The van der Waals surface area contributed by atoms with Gasteiger partial charge in [-0.15, -0.1) is 0 Å². The lowest BCUT2D eigenvalue weighted by molar-refractivity contribution is 0.643. The number of aromatic nitrogens is 2. The highest BCUT2D eigenvalue weighted by atomic mass is 32.1. The first-order valence-electron chi connectivity index (χ1n) is 5.67. The molecule has 18 heavy (non-hydrogen) atoms. The molecule has 0 spiro atoms. The minimum atomic E-state index is 0.763. The number of pyridine rings is 1. The molecule has 2 aromatic heterocycles. The zero-order chi connectivity index (χ0) is 13.1. The summed E-state index contributed by atoms with van der Waals surface area (Å²) in [6, 6.07) is 4.06. The molecule has 0 aliphatic heterocycles. The van der Waals surface area contributed by atoms with E-state index in [-0.39, 0.29) is 0 Å². The van der Waals surface area contributed by atoms with E-state index in [1.54, 1.807) is 17.7 Å². The van der Waals surface area contributed by atoms with Gasteiger partial charge in [-0.25, -0.2) is 9.98 Å². The number of hydrogen-bond acceptors (Lipinski definition) is 4. The maximum Gasteiger partial charge on any atom is 0.211 e. The third-order valence-corrected chi connectivity index (χ3v) is 3.42. The van der Waals surface area contributed by atoms with Crippen LogP contribution in [-0.2, 0) is 0 Å². The number of aryl methyl sites for hydroxylation is 2. The summed E-state index contributed by atoms with van der Waals surface area (Å²) >= 11 is 1.57. The lowest BCUT2D eigenvalue weighted by Crippen LogP contribution is -2.06. The van der Waals surface area contributed by atoms with Gasteiger partial charge in [0, 0.05) is 20.3 Å². The smallest absolute Gasteiger partial charge is 0.211 e. The highest BCUT2D eigenvalue weighted by Gasteiger charge is 2.10. The zero-order valence-corrected chi connectivity index (χ0v) is 11.8. The molecular weight excluding hydrogens is 244 g/mol. The number of nitrogens with zero attached hydrogens (tertiary/aromatic N) is 4. The Labute approximate surface area is 111 Å². The highest BCUT2D eigenvalue weighted by molar-refractivity contribution is 7.18. The van der Waals surface area contributed by atoms with Crippen molar-refractivity contribution >= 4 is 22.8 Å². The Morgan fingerprint density at radius 2 is 2.11 bits per heavy atom. The Bertz CT molecular complexity index is 572. The Morgan fingerprint density at radius 1 is 1.33 bits per heavy atom. The van der Waals surface area contributed by atoms with Crippen molar-refractivity contribution in [3.8, 4) is 10.6 Å². The summed E-state index contributed by atoms with van der Waals surface area (Å²) in [5.74, 6) is 0. The predicted molar refractivity (Wildman–Crippen MR) is 76.7 cm³/mol. The highest BCUT2D eigenvalue weighted by Crippen LogP contribution is 2.32. The van der Waals surface area contributed by atoms with Crippen LogP contribution in [0.25, 0.3) is 10.6 Å². The second-order valence-corrected chi connectivity index (χ2v) is 5.32. The van der Waals surface area contributed by atoms with E-state index in [0.717, 1.165) is 21.4 Å². The first kappa shape index (κ1) is 12.7. The van der Waals surface area contributed by atoms with Gasteiger partial charge < -0.3 is 4.90 Å². The Kier molecular flexibility index (Phi) is 3.72. The molecule has 0 unspecified atom stereocenters. The summed E-state index contributed by atoms with van der Waals surface area (Å²) in [7, 11) is 3.87. The van der Waals surface area contributed by atoms with E-state index >= 15 is 0 Å². The van der Waals surface area contributed by atoms with Crippen LogP contribution in [0.15, 0.2) is 23.3 Å². The van der Waals surface area contributed by atoms with E-state index in [1.165, 1.54) is 5.56 Å². The minimum Gasteiger partial charge on any atom is -0.369 e. The fourth-order valence-electron chi connectivity index (χ4n) is 1.50. The molecule has 0 fully saturated rings. The second kappa shape index (κ2) is 5.27. The molecular formula is C13H16N4S. The Morgan fingerprint density at radius 3 is 2.78 bits per heavy atom. The van der Waals surface area contributed by atoms with Crippen molar-refractivity contribution < 1.29 is 0 Å². The van der Waals surface area contributed by atoms with Crippen molar-refractivity contribution in [3.05, 3.63) is 29.6 Å². The Balaban J connectivity index is 2.35. The van der Waals surface area contributed by atoms with Crippen LogP contribution in [0.3, 0.4) is 0 Å². The fraction of sp³-hybridized carbons (Fsp3) is 0.308. The van der Waals surface area contributed by atoms with Gasteiger partial charge in [0.15, 0.2) is 0 Å². The molecule has 4 nitrogen and oxygen atoms in total. The molecule has 94 valence electrons. The molecule has 0 saturated carbocycles. The van der Waals surface area contributed by atoms with Gasteiger partial charge in [0.1, 0.15) is 0 Å². The van der Waals surface area contributed by atoms with Crippen molar-refractivity contribution in [1.29, 1.82) is 0 Å². The molecule has 0 atom stereocenters. The molecule has 0 aliphatic rings. The molecule has 2 rings (SSSR count). The fourth-order valence-corrected chi connectivity index (χ4v) is 2.37. The van der Waals surface area contributed by atoms with Gasteiger partial charge in [0.25, 0.3) is 0 Å². The van der Waals surface area contributed by atoms with Crippen LogP contribution in [-0.4, -0.2) is 35.3 Å². The zero-order valence-electron chi connectivity index (χ0n) is 11.0. The lowest BCUT2D eigenvalue weighted by atomic mass is 10.2. The number of aliphatic imine (C=N–C) groups is 1. The van der Waals surface area contributed by atoms with Gasteiger partial charge in [-0.2, -0.15) is 0 Å². The summed E-state index contributed by atoms with van der Waals surface area (Å²) in [6.45, 7) is 4.05. The standard InChI is InChI=1S/C13H16N4S/c1-9-5-6-14-11(7-9)12-10(2)16-13(18-12)15-8-17(3)4/h5-8H,1-4H3. The lowest BCUT2D eigenvalue weighted by Gasteiger charge is -1.99. The summed E-state index contributed by atoms with van der Waals surface area (Å²) in [4.78, 5) is 16.1. The minimum absolute atomic E-state index is 0.763. The SMILES string of the molecule is Cc1ccnc(-c2sc(N=CN(C)C)nc2C)c1. The average molecular weight is 260 g/mol. The van der Waals surface area contributed by atoms with Crippen molar-refractivity contribution in [1.82, 2.24) is 14.9 Å². The van der Waals surface area contributed by atoms with Crippen LogP contribution < -0.4 is 0 Å². The quantitative estimate of drug-likeness (QED) is 0.629. The van der Waals surface area contributed by atoms with Gasteiger partial charge >= 0.3 is 0 Å². The van der Waals surface area contributed by atoms with Crippen molar-refractivity contribution in [2.45, 2.75) is 13.8 Å². The van der Waals surface area contributed by atoms with Crippen LogP contribution in [0.5, 0.6) is 0 Å². The molecule has 5 heteroatoms. The first-order valence-corrected chi connectivity index (χ1v) is 6.49. The van der Waals surface area contributed by atoms with Crippen molar-refractivity contribution in [3.63, 3.8) is 0 Å². The summed E-state index contributed by atoms with van der Waals surface area (Å²) in [5.41, 5.74) is 3.14. The first-order chi connectivity index (χ1) is 8.56. The molecule has 0 radical (unpaired) electrons. The summed E-state index contributed by atoms with van der Waals surface area (Å²) in [5, 5.41) is 0.763. The maximum atomic E-state index is 4.44. The average Bonchev–Trinajstić information content (AvgIpc) is 2.68. The Hall–Kier alpha value is -1.75.